The highest BCUT2D eigenvalue weighted by Gasteiger charge is 2.22. The molecule has 1 fully saturated rings. The van der Waals surface area contributed by atoms with Crippen LogP contribution in [-0.2, 0) is 0 Å². The predicted molar refractivity (Wildman–Crippen MR) is 87.6 cm³/mol. The first-order valence-corrected chi connectivity index (χ1v) is 8.33. The smallest absolute Gasteiger partial charge is 0.0574 e. The molecule has 0 aromatic carbocycles. The number of aliphatic hydroxyl groups is 1. The minimum Gasteiger partial charge on any atom is -0.396 e. The monoisotopic (exact) mass is 291 g/mol. The number of aromatic nitrogens is 1. The fourth-order valence-electron chi connectivity index (χ4n) is 3.05. The Kier molecular flexibility index (Phi) is 6.46. The summed E-state index contributed by atoms with van der Waals surface area (Å²) in [4.78, 5) is 7.05. The molecule has 0 aliphatic carbocycles. The first kappa shape index (κ1) is 16.2. The molecule has 0 amide bonds. The summed E-state index contributed by atoms with van der Waals surface area (Å²) in [6.07, 6.45) is 6.31. The molecular formula is C17H29N3O. The lowest BCUT2D eigenvalue weighted by Crippen LogP contribution is -2.23. The summed E-state index contributed by atoms with van der Waals surface area (Å²) in [5, 5.41) is 12.6. The van der Waals surface area contributed by atoms with Gasteiger partial charge >= 0.3 is 0 Å². The van der Waals surface area contributed by atoms with E-state index < -0.39 is 0 Å². The van der Waals surface area contributed by atoms with Gasteiger partial charge in [-0.15, -0.1) is 0 Å². The number of nitrogens with zero attached hydrogens (tertiary/aromatic N) is 2. The second-order valence-corrected chi connectivity index (χ2v) is 5.97. The molecule has 1 aromatic rings. The van der Waals surface area contributed by atoms with Gasteiger partial charge < -0.3 is 15.3 Å². The van der Waals surface area contributed by atoms with Crippen LogP contribution in [0.2, 0.25) is 0 Å². The van der Waals surface area contributed by atoms with Crippen LogP contribution in [0.3, 0.4) is 0 Å². The van der Waals surface area contributed by atoms with E-state index in [0.717, 1.165) is 44.6 Å². The van der Waals surface area contributed by atoms with Gasteiger partial charge in [0, 0.05) is 25.7 Å². The second kappa shape index (κ2) is 8.35. The van der Waals surface area contributed by atoms with Crippen molar-refractivity contribution in [2.45, 2.75) is 45.6 Å². The van der Waals surface area contributed by atoms with Crippen molar-refractivity contribution in [1.82, 2.24) is 10.3 Å². The molecule has 2 atom stereocenters. The second-order valence-electron chi connectivity index (χ2n) is 5.97. The van der Waals surface area contributed by atoms with Crippen LogP contribution in [0.1, 0.15) is 51.3 Å². The third-order valence-corrected chi connectivity index (χ3v) is 4.37. The molecule has 118 valence electrons. The summed E-state index contributed by atoms with van der Waals surface area (Å²) in [5.74, 6) is 0.629. The summed E-state index contributed by atoms with van der Waals surface area (Å²) in [7, 11) is 0. The molecule has 0 bridgehead atoms. The molecule has 1 aliphatic rings. The Morgan fingerprint density at radius 3 is 2.90 bits per heavy atom. The molecule has 4 nitrogen and oxygen atoms in total. The number of anilines is 1. The standard InChI is InChI=1S/C17H29N3O/c1-3-9-18-16(4-2)17-6-5-15(12-19-17)20-10-7-14(13-20)8-11-21/h5-6,12,14,16,18,21H,3-4,7-11,13H2,1-2H3. The summed E-state index contributed by atoms with van der Waals surface area (Å²) < 4.78 is 0. The van der Waals surface area contributed by atoms with E-state index >= 15 is 0 Å². The number of nitrogens with one attached hydrogen (secondary N) is 1. The summed E-state index contributed by atoms with van der Waals surface area (Å²) in [6.45, 7) is 7.85. The van der Waals surface area contributed by atoms with Crippen LogP contribution in [-0.4, -0.2) is 36.3 Å². The zero-order chi connectivity index (χ0) is 15.1. The van der Waals surface area contributed by atoms with Crippen molar-refractivity contribution in [1.29, 1.82) is 0 Å². The molecule has 1 aromatic heterocycles. The SMILES string of the molecule is CCCNC(CC)c1ccc(N2CCC(CCO)C2)cn1. The summed E-state index contributed by atoms with van der Waals surface area (Å²) >= 11 is 0. The lowest BCUT2D eigenvalue weighted by Gasteiger charge is -2.20. The van der Waals surface area contributed by atoms with E-state index in [4.69, 9.17) is 5.11 Å². The summed E-state index contributed by atoms with van der Waals surface area (Å²) in [5.41, 5.74) is 2.35. The van der Waals surface area contributed by atoms with Crippen LogP contribution in [0.25, 0.3) is 0 Å². The van der Waals surface area contributed by atoms with E-state index in [1.807, 2.05) is 6.20 Å². The van der Waals surface area contributed by atoms with E-state index in [2.05, 4.69) is 41.2 Å². The molecule has 1 saturated heterocycles. The van der Waals surface area contributed by atoms with E-state index in [-0.39, 0.29) is 0 Å². The van der Waals surface area contributed by atoms with Gasteiger partial charge in [-0.3, -0.25) is 4.98 Å². The van der Waals surface area contributed by atoms with E-state index in [1.54, 1.807) is 0 Å². The third-order valence-electron chi connectivity index (χ3n) is 4.37. The van der Waals surface area contributed by atoms with Gasteiger partial charge in [0.1, 0.15) is 0 Å². The Bertz CT molecular complexity index is 407. The highest BCUT2D eigenvalue weighted by Crippen LogP contribution is 2.26. The highest BCUT2D eigenvalue weighted by atomic mass is 16.3. The van der Waals surface area contributed by atoms with Crippen molar-refractivity contribution < 1.29 is 5.11 Å². The van der Waals surface area contributed by atoms with Crippen LogP contribution < -0.4 is 10.2 Å². The quantitative estimate of drug-likeness (QED) is 0.773. The molecule has 2 unspecified atom stereocenters. The lowest BCUT2D eigenvalue weighted by molar-refractivity contribution is 0.263. The van der Waals surface area contributed by atoms with Crippen molar-refractivity contribution in [3.05, 3.63) is 24.0 Å². The highest BCUT2D eigenvalue weighted by molar-refractivity contribution is 5.45. The van der Waals surface area contributed by atoms with Crippen LogP contribution in [0.5, 0.6) is 0 Å². The van der Waals surface area contributed by atoms with Crippen LogP contribution in [0.4, 0.5) is 5.69 Å². The molecule has 4 heteroatoms. The largest absolute Gasteiger partial charge is 0.396 e. The predicted octanol–water partition coefficient (Wildman–Crippen LogP) is 2.74. The molecule has 0 saturated carbocycles. The maximum atomic E-state index is 9.04. The molecule has 0 spiro atoms. The molecule has 2 heterocycles. The maximum Gasteiger partial charge on any atom is 0.0574 e. The van der Waals surface area contributed by atoms with Crippen LogP contribution >= 0.6 is 0 Å². The topological polar surface area (TPSA) is 48.4 Å². The number of hydrogen-bond acceptors (Lipinski definition) is 4. The first-order chi connectivity index (χ1) is 10.3. The van der Waals surface area contributed by atoms with Gasteiger partial charge in [-0.05, 0) is 50.3 Å². The average Bonchev–Trinajstić information content (AvgIpc) is 2.98. The Hall–Kier alpha value is -1.13. The molecule has 21 heavy (non-hydrogen) atoms. The lowest BCUT2D eigenvalue weighted by atomic mass is 10.1. The number of aliphatic hydroxyl groups excluding tert-OH is 1. The normalized spacial score (nSPS) is 20.0. The van der Waals surface area contributed by atoms with Crippen LogP contribution in [0.15, 0.2) is 18.3 Å². The Morgan fingerprint density at radius 2 is 2.29 bits per heavy atom. The van der Waals surface area contributed by atoms with Gasteiger partial charge in [-0.2, -0.15) is 0 Å². The van der Waals surface area contributed by atoms with Gasteiger partial charge in [0.25, 0.3) is 0 Å². The van der Waals surface area contributed by atoms with Gasteiger partial charge in [-0.25, -0.2) is 0 Å². The van der Waals surface area contributed by atoms with Crippen molar-refractivity contribution in [2.75, 3.05) is 31.1 Å². The van der Waals surface area contributed by atoms with Crippen molar-refractivity contribution in [3.63, 3.8) is 0 Å². The van der Waals surface area contributed by atoms with E-state index in [9.17, 15) is 0 Å². The molecule has 0 radical (unpaired) electrons. The van der Waals surface area contributed by atoms with Gasteiger partial charge in [0.15, 0.2) is 0 Å². The maximum absolute atomic E-state index is 9.04. The van der Waals surface area contributed by atoms with Gasteiger partial charge in [0.2, 0.25) is 0 Å². The third kappa shape index (κ3) is 4.42. The van der Waals surface area contributed by atoms with Crippen LogP contribution in [0, 0.1) is 5.92 Å². The first-order valence-electron chi connectivity index (χ1n) is 8.33. The number of pyridine rings is 1. The van der Waals surface area contributed by atoms with Gasteiger partial charge in [-0.1, -0.05) is 13.8 Å². The summed E-state index contributed by atoms with van der Waals surface area (Å²) in [6, 6.07) is 4.71. The zero-order valence-electron chi connectivity index (χ0n) is 13.4. The molecule has 2 rings (SSSR count). The fourth-order valence-corrected chi connectivity index (χ4v) is 3.05. The van der Waals surface area contributed by atoms with E-state index in [1.165, 1.54) is 12.1 Å². The number of hydrogen-bond donors (Lipinski definition) is 2. The minimum atomic E-state index is 0.303. The average molecular weight is 291 g/mol. The Labute approximate surface area is 128 Å². The van der Waals surface area contributed by atoms with E-state index in [0.29, 0.717) is 18.6 Å². The molecule has 2 N–H and O–H groups in total. The fraction of sp³-hybridized carbons (Fsp3) is 0.706. The Morgan fingerprint density at radius 1 is 1.43 bits per heavy atom. The van der Waals surface area contributed by atoms with Crippen molar-refractivity contribution in [2.24, 2.45) is 5.92 Å². The number of rotatable bonds is 8. The minimum absolute atomic E-state index is 0.303. The molecule has 1 aliphatic heterocycles. The zero-order valence-corrected chi connectivity index (χ0v) is 13.4. The van der Waals surface area contributed by atoms with Gasteiger partial charge in [0.05, 0.1) is 17.6 Å². The van der Waals surface area contributed by atoms with Crippen molar-refractivity contribution >= 4 is 5.69 Å². The molecular weight excluding hydrogens is 262 g/mol. The van der Waals surface area contributed by atoms with Crippen molar-refractivity contribution in [3.8, 4) is 0 Å². The Balaban J connectivity index is 1.95.